The molecule has 8 heteroatoms. The Morgan fingerprint density at radius 1 is 1.27 bits per heavy atom. The van der Waals surface area contributed by atoms with E-state index in [1.54, 1.807) is 24.5 Å². The molecule has 0 spiro atoms. The first-order chi connectivity index (χ1) is 12.6. The summed E-state index contributed by atoms with van der Waals surface area (Å²) in [4.78, 5) is 27.9. The van der Waals surface area contributed by atoms with Gasteiger partial charge in [0.15, 0.2) is 5.11 Å². The molecule has 0 saturated carbocycles. The summed E-state index contributed by atoms with van der Waals surface area (Å²) >= 11 is 4.97. The Kier molecular flexibility index (Phi) is 8.14. The summed E-state index contributed by atoms with van der Waals surface area (Å²) in [6, 6.07) is 2.81. The average molecular weight is 375 g/mol. The zero-order chi connectivity index (χ0) is 18.8. The standard InChI is InChI=1S/C18H25N5O2S/c1-2-3-4-5-6-7-14(12-15-17(25)21-18(26)20-15)22-23-16(24)13-8-10-19-11-9-13/h8-11,15H,2-7,12H2,1H3,(H,23,24)(H2,20,21,25,26)/b22-14-. The van der Waals surface area contributed by atoms with Crippen molar-refractivity contribution in [1.82, 2.24) is 21.0 Å². The summed E-state index contributed by atoms with van der Waals surface area (Å²) in [7, 11) is 0. The van der Waals surface area contributed by atoms with Gasteiger partial charge in [0.1, 0.15) is 6.04 Å². The van der Waals surface area contributed by atoms with Crippen LogP contribution < -0.4 is 16.1 Å². The third-order valence-corrected chi connectivity index (χ3v) is 4.35. The molecule has 1 unspecified atom stereocenters. The van der Waals surface area contributed by atoms with Crippen LogP contribution in [0, 0.1) is 0 Å². The third kappa shape index (κ3) is 6.51. The fourth-order valence-corrected chi connectivity index (χ4v) is 2.91. The highest BCUT2D eigenvalue weighted by molar-refractivity contribution is 7.80. The minimum Gasteiger partial charge on any atom is -0.350 e. The van der Waals surface area contributed by atoms with E-state index in [-0.39, 0.29) is 11.8 Å². The molecule has 140 valence electrons. The molecule has 0 radical (unpaired) electrons. The number of hydrogen-bond acceptors (Lipinski definition) is 5. The van der Waals surface area contributed by atoms with E-state index in [1.807, 2.05) is 0 Å². The maximum absolute atomic E-state index is 12.2. The van der Waals surface area contributed by atoms with Crippen LogP contribution in [-0.4, -0.2) is 33.7 Å². The SMILES string of the molecule is CCCCCCC/C(CC1NC(=S)NC1=O)=N/NC(=O)c1ccncc1. The zero-order valence-corrected chi connectivity index (χ0v) is 15.8. The molecule has 0 aliphatic carbocycles. The molecule has 0 bridgehead atoms. The molecule has 1 fully saturated rings. The molecule has 3 N–H and O–H groups in total. The molecule has 1 saturated heterocycles. The van der Waals surface area contributed by atoms with Gasteiger partial charge in [-0.2, -0.15) is 5.10 Å². The van der Waals surface area contributed by atoms with Gasteiger partial charge in [0, 0.05) is 30.1 Å². The Morgan fingerprint density at radius 2 is 2.00 bits per heavy atom. The topological polar surface area (TPSA) is 95.5 Å². The van der Waals surface area contributed by atoms with Gasteiger partial charge in [-0.25, -0.2) is 5.43 Å². The van der Waals surface area contributed by atoms with Gasteiger partial charge in [0.25, 0.3) is 5.91 Å². The van der Waals surface area contributed by atoms with Crippen molar-refractivity contribution in [2.24, 2.45) is 5.10 Å². The Balaban J connectivity index is 1.95. The first-order valence-electron chi connectivity index (χ1n) is 8.97. The quantitative estimate of drug-likeness (QED) is 0.252. The lowest BCUT2D eigenvalue weighted by molar-refractivity contribution is -0.119. The molecule has 2 rings (SSSR count). The molecule has 26 heavy (non-hydrogen) atoms. The van der Waals surface area contributed by atoms with E-state index in [2.05, 4.69) is 33.1 Å². The number of hydrogen-bond donors (Lipinski definition) is 3. The number of nitrogens with zero attached hydrogens (tertiary/aromatic N) is 2. The average Bonchev–Trinajstić information content (AvgIpc) is 2.96. The predicted molar refractivity (Wildman–Crippen MR) is 105 cm³/mol. The number of carbonyl (C=O) groups is 2. The highest BCUT2D eigenvalue weighted by Crippen LogP contribution is 2.10. The molecule has 0 aromatic carbocycles. The van der Waals surface area contributed by atoms with Gasteiger partial charge in [-0.15, -0.1) is 0 Å². The van der Waals surface area contributed by atoms with Crippen molar-refractivity contribution in [2.75, 3.05) is 0 Å². The lowest BCUT2D eigenvalue weighted by Crippen LogP contribution is -2.32. The number of rotatable bonds is 10. The van der Waals surface area contributed by atoms with Crippen molar-refractivity contribution >= 4 is 34.9 Å². The predicted octanol–water partition coefficient (Wildman–Crippen LogP) is 2.29. The normalized spacial score (nSPS) is 17.0. The highest BCUT2D eigenvalue weighted by Gasteiger charge is 2.28. The lowest BCUT2D eigenvalue weighted by atomic mass is 10.0. The first kappa shape index (κ1) is 20.0. The van der Waals surface area contributed by atoms with E-state index >= 15 is 0 Å². The Bertz CT molecular complexity index is 663. The van der Waals surface area contributed by atoms with Crippen molar-refractivity contribution < 1.29 is 9.59 Å². The molecule has 1 aliphatic rings. The number of thiocarbonyl (C=S) groups is 1. The van der Waals surface area contributed by atoms with E-state index in [1.165, 1.54) is 19.3 Å². The molecule has 1 atom stereocenters. The van der Waals surface area contributed by atoms with Gasteiger partial charge in [-0.05, 0) is 37.2 Å². The van der Waals surface area contributed by atoms with Gasteiger partial charge >= 0.3 is 0 Å². The van der Waals surface area contributed by atoms with Crippen LogP contribution in [0.25, 0.3) is 0 Å². The second-order valence-electron chi connectivity index (χ2n) is 6.24. The molecular weight excluding hydrogens is 350 g/mol. The highest BCUT2D eigenvalue weighted by atomic mass is 32.1. The summed E-state index contributed by atoms with van der Waals surface area (Å²) in [5.41, 5.74) is 3.85. The van der Waals surface area contributed by atoms with Gasteiger partial charge in [0.05, 0.1) is 0 Å². The summed E-state index contributed by atoms with van der Waals surface area (Å²) in [5.74, 6) is -0.454. The van der Waals surface area contributed by atoms with E-state index in [9.17, 15) is 9.59 Å². The summed E-state index contributed by atoms with van der Waals surface area (Å²) in [6.07, 6.45) is 9.92. The second-order valence-corrected chi connectivity index (χ2v) is 6.65. The molecule has 7 nitrogen and oxygen atoms in total. The van der Waals surface area contributed by atoms with Crippen LogP contribution in [0.1, 0.15) is 62.2 Å². The summed E-state index contributed by atoms with van der Waals surface area (Å²) < 4.78 is 0. The molecule has 2 amide bonds. The van der Waals surface area contributed by atoms with E-state index in [0.717, 1.165) is 25.0 Å². The Hall–Kier alpha value is -2.35. The van der Waals surface area contributed by atoms with Crippen LogP contribution in [0.3, 0.4) is 0 Å². The van der Waals surface area contributed by atoms with Crippen molar-refractivity contribution in [3.8, 4) is 0 Å². The van der Waals surface area contributed by atoms with Gasteiger partial charge in [-0.1, -0.05) is 32.6 Å². The molecular formula is C18H25N5O2S. The van der Waals surface area contributed by atoms with Crippen LogP contribution in [0.5, 0.6) is 0 Å². The van der Waals surface area contributed by atoms with Crippen LogP contribution >= 0.6 is 12.2 Å². The maximum atomic E-state index is 12.2. The molecule has 1 aromatic heterocycles. The monoisotopic (exact) mass is 375 g/mol. The number of aromatic nitrogens is 1. The van der Waals surface area contributed by atoms with Gasteiger partial charge in [0.2, 0.25) is 5.91 Å². The largest absolute Gasteiger partial charge is 0.350 e. The number of nitrogens with one attached hydrogen (secondary N) is 3. The van der Waals surface area contributed by atoms with Crippen molar-refractivity contribution in [2.45, 2.75) is 57.9 Å². The number of amides is 2. The van der Waals surface area contributed by atoms with Gasteiger partial charge in [-0.3, -0.25) is 14.6 Å². The fraction of sp³-hybridized carbons (Fsp3) is 0.500. The number of pyridine rings is 1. The van der Waals surface area contributed by atoms with Crippen LogP contribution in [0.2, 0.25) is 0 Å². The van der Waals surface area contributed by atoms with E-state index in [4.69, 9.17) is 12.2 Å². The molecule has 1 aromatic rings. The summed E-state index contributed by atoms with van der Waals surface area (Å²) in [6.45, 7) is 2.18. The van der Waals surface area contributed by atoms with Crippen molar-refractivity contribution in [3.63, 3.8) is 0 Å². The Labute approximate surface area is 159 Å². The first-order valence-corrected chi connectivity index (χ1v) is 9.38. The Morgan fingerprint density at radius 3 is 2.65 bits per heavy atom. The molecule has 2 heterocycles. The second kappa shape index (κ2) is 10.6. The number of carbonyl (C=O) groups excluding carboxylic acids is 2. The molecule has 1 aliphatic heterocycles. The minimum absolute atomic E-state index is 0.158. The summed E-state index contributed by atoms with van der Waals surface area (Å²) in [5, 5.41) is 10.1. The minimum atomic E-state index is -0.435. The fourth-order valence-electron chi connectivity index (χ4n) is 2.67. The van der Waals surface area contributed by atoms with Crippen LogP contribution in [-0.2, 0) is 4.79 Å². The van der Waals surface area contributed by atoms with Crippen molar-refractivity contribution in [3.05, 3.63) is 30.1 Å². The van der Waals surface area contributed by atoms with Crippen LogP contribution in [0.4, 0.5) is 0 Å². The zero-order valence-electron chi connectivity index (χ0n) is 15.0. The lowest BCUT2D eigenvalue weighted by Gasteiger charge is -2.11. The number of unbranched alkanes of at least 4 members (excludes halogenated alkanes) is 4. The van der Waals surface area contributed by atoms with Crippen molar-refractivity contribution in [1.29, 1.82) is 0 Å². The van der Waals surface area contributed by atoms with E-state index in [0.29, 0.717) is 17.1 Å². The smallest absolute Gasteiger partial charge is 0.271 e. The third-order valence-electron chi connectivity index (χ3n) is 4.13. The maximum Gasteiger partial charge on any atom is 0.271 e. The van der Waals surface area contributed by atoms with Gasteiger partial charge < -0.3 is 10.6 Å². The van der Waals surface area contributed by atoms with Crippen LogP contribution in [0.15, 0.2) is 29.6 Å². The number of hydrazone groups is 1. The van der Waals surface area contributed by atoms with E-state index < -0.39 is 6.04 Å².